The van der Waals surface area contributed by atoms with Gasteiger partial charge in [0.15, 0.2) is 11.5 Å². The van der Waals surface area contributed by atoms with Gasteiger partial charge in [0.05, 0.1) is 0 Å². The minimum Gasteiger partial charge on any atom is -0.478 e. The molecule has 2 aromatic heterocycles. The van der Waals surface area contributed by atoms with Gasteiger partial charge in [-0.05, 0) is 6.07 Å². The van der Waals surface area contributed by atoms with Crippen molar-refractivity contribution >= 4 is 5.97 Å². The van der Waals surface area contributed by atoms with Crippen LogP contribution in [0.5, 0.6) is 0 Å². The Morgan fingerprint density at radius 2 is 2.11 bits per heavy atom. The third-order valence-corrected chi connectivity index (χ3v) is 2.23. The molecule has 2 rings (SSSR count). The van der Waals surface area contributed by atoms with Crippen LogP contribution in [0.2, 0.25) is 0 Å². The van der Waals surface area contributed by atoms with Gasteiger partial charge in [-0.2, -0.15) is 18.3 Å². The molecule has 0 atom stereocenters. The lowest BCUT2D eigenvalue weighted by molar-refractivity contribution is -0.141. The number of aromatic carboxylic acids is 1. The Labute approximate surface area is 104 Å². The summed E-state index contributed by atoms with van der Waals surface area (Å²) >= 11 is 0. The molecule has 0 radical (unpaired) electrons. The van der Waals surface area contributed by atoms with Crippen molar-refractivity contribution in [3.05, 3.63) is 29.7 Å². The molecule has 2 heterocycles. The van der Waals surface area contributed by atoms with E-state index < -0.39 is 23.4 Å². The van der Waals surface area contributed by atoms with Crippen LogP contribution < -0.4 is 0 Å². The Bertz CT molecular complexity index is 636. The van der Waals surface area contributed by atoms with Gasteiger partial charge in [-0.1, -0.05) is 0 Å². The molecule has 100 valence electrons. The summed E-state index contributed by atoms with van der Waals surface area (Å²) in [6.07, 6.45) is -2.74. The first-order valence-corrected chi connectivity index (χ1v) is 4.96. The highest BCUT2D eigenvalue weighted by atomic mass is 19.4. The number of aryl methyl sites for hydroxylation is 1. The monoisotopic (exact) mass is 272 g/mol. The summed E-state index contributed by atoms with van der Waals surface area (Å²) in [6.45, 7) is 0. The predicted molar refractivity (Wildman–Crippen MR) is 56.2 cm³/mol. The SMILES string of the molecule is Cn1ccc(-c2ncc(C(=O)O)c(C(F)(F)F)n2)n1. The summed E-state index contributed by atoms with van der Waals surface area (Å²) < 4.78 is 39.6. The molecule has 0 aromatic carbocycles. The van der Waals surface area contributed by atoms with Gasteiger partial charge in [-0.3, -0.25) is 4.68 Å². The Morgan fingerprint density at radius 3 is 2.58 bits per heavy atom. The van der Waals surface area contributed by atoms with Crippen LogP contribution >= 0.6 is 0 Å². The van der Waals surface area contributed by atoms with Crippen molar-refractivity contribution in [2.75, 3.05) is 0 Å². The van der Waals surface area contributed by atoms with Gasteiger partial charge < -0.3 is 5.11 Å². The summed E-state index contributed by atoms with van der Waals surface area (Å²) in [5.41, 5.74) is -2.35. The smallest absolute Gasteiger partial charge is 0.434 e. The largest absolute Gasteiger partial charge is 0.478 e. The van der Waals surface area contributed by atoms with Crippen molar-refractivity contribution in [3.8, 4) is 11.5 Å². The average Bonchev–Trinajstić information content (AvgIpc) is 2.74. The maximum absolute atomic E-state index is 12.7. The Balaban J connectivity index is 2.59. The van der Waals surface area contributed by atoms with Crippen LogP contribution in [-0.2, 0) is 13.2 Å². The number of aromatic nitrogens is 4. The van der Waals surface area contributed by atoms with E-state index in [0.29, 0.717) is 6.20 Å². The van der Waals surface area contributed by atoms with Crippen LogP contribution in [0, 0.1) is 0 Å². The molecule has 0 fully saturated rings. The standard InChI is InChI=1S/C10H7F3N4O2/c1-17-3-2-6(16-17)8-14-4-5(9(18)19)7(15-8)10(11,12)13/h2-4H,1H3,(H,18,19). The van der Waals surface area contributed by atoms with E-state index in [1.165, 1.54) is 16.9 Å². The van der Waals surface area contributed by atoms with Gasteiger partial charge in [0.1, 0.15) is 11.3 Å². The van der Waals surface area contributed by atoms with Gasteiger partial charge in [-0.15, -0.1) is 0 Å². The summed E-state index contributed by atoms with van der Waals surface area (Å²) in [5.74, 6) is -2.02. The van der Waals surface area contributed by atoms with E-state index in [1.807, 2.05) is 0 Å². The Kier molecular flexibility index (Phi) is 2.97. The lowest BCUT2D eigenvalue weighted by Crippen LogP contribution is -2.16. The zero-order chi connectivity index (χ0) is 14.2. The third-order valence-electron chi connectivity index (χ3n) is 2.23. The van der Waals surface area contributed by atoms with Crippen LogP contribution in [0.1, 0.15) is 16.1 Å². The van der Waals surface area contributed by atoms with Crippen molar-refractivity contribution in [2.45, 2.75) is 6.18 Å². The maximum atomic E-state index is 12.7. The first-order chi connectivity index (χ1) is 8.79. The van der Waals surface area contributed by atoms with E-state index in [9.17, 15) is 18.0 Å². The Hall–Kier alpha value is -2.45. The van der Waals surface area contributed by atoms with Crippen LogP contribution in [-0.4, -0.2) is 30.8 Å². The fourth-order valence-electron chi connectivity index (χ4n) is 1.41. The lowest BCUT2D eigenvalue weighted by atomic mass is 10.2. The molecule has 19 heavy (non-hydrogen) atoms. The number of carboxylic acids is 1. The van der Waals surface area contributed by atoms with E-state index in [1.54, 1.807) is 7.05 Å². The molecule has 0 spiro atoms. The summed E-state index contributed by atoms with van der Waals surface area (Å²) in [7, 11) is 1.58. The van der Waals surface area contributed by atoms with Crippen molar-refractivity contribution < 1.29 is 23.1 Å². The number of hydrogen-bond donors (Lipinski definition) is 1. The normalized spacial score (nSPS) is 11.6. The van der Waals surface area contributed by atoms with Gasteiger partial charge in [0.2, 0.25) is 0 Å². The van der Waals surface area contributed by atoms with E-state index >= 15 is 0 Å². The molecule has 9 heteroatoms. The molecule has 6 nitrogen and oxygen atoms in total. The van der Waals surface area contributed by atoms with Gasteiger partial charge in [-0.25, -0.2) is 14.8 Å². The summed E-state index contributed by atoms with van der Waals surface area (Å²) in [5, 5.41) is 12.6. The summed E-state index contributed by atoms with van der Waals surface area (Å²) in [4.78, 5) is 17.6. The number of carboxylic acid groups (broad SMARTS) is 1. The third kappa shape index (κ3) is 2.54. The van der Waals surface area contributed by atoms with Crippen LogP contribution in [0.3, 0.4) is 0 Å². The van der Waals surface area contributed by atoms with Crippen molar-refractivity contribution in [1.82, 2.24) is 19.7 Å². The molecular formula is C10H7F3N4O2. The predicted octanol–water partition coefficient (Wildman–Crippen LogP) is 1.59. The van der Waals surface area contributed by atoms with E-state index in [-0.39, 0.29) is 11.5 Å². The second-order valence-corrected chi connectivity index (χ2v) is 3.63. The molecule has 0 bridgehead atoms. The highest BCUT2D eigenvalue weighted by molar-refractivity contribution is 5.88. The minimum absolute atomic E-state index is 0.130. The quantitative estimate of drug-likeness (QED) is 0.897. The first-order valence-electron chi connectivity index (χ1n) is 4.96. The zero-order valence-corrected chi connectivity index (χ0v) is 9.51. The second kappa shape index (κ2) is 4.34. The van der Waals surface area contributed by atoms with Gasteiger partial charge >= 0.3 is 12.1 Å². The number of hydrogen-bond acceptors (Lipinski definition) is 4. The maximum Gasteiger partial charge on any atom is 0.434 e. The molecule has 0 saturated heterocycles. The van der Waals surface area contributed by atoms with Crippen LogP contribution in [0.25, 0.3) is 11.5 Å². The second-order valence-electron chi connectivity index (χ2n) is 3.63. The number of rotatable bonds is 2. The summed E-state index contributed by atoms with van der Waals surface area (Å²) in [6, 6.07) is 1.43. The highest BCUT2D eigenvalue weighted by Crippen LogP contribution is 2.31. The molecular weight excluding hydrogens is 265 g/mol. The average molecular weight is 272 g/mol. The topological polar surface area (TPSA) is 80.9 Å². The Morgan fingerprint density at radius 1 is 1.42 bits per heavy atom. The number of alkyl halides is 3. The minimum atomic E-state index is -4.87. The van der Waals surface area contributed by atoms with Gasteiger partial charge in [0.25, 0.3) is 0 Å². The highest BCUT2D eigenvalue weighted by Gasteiger charge is 2.38. The molecule has 0 saturated carbocycles. The number of nitrogens with zero attached hydrogens (tertiary/aromatic N) is 4. The van der Waals surface area contributed by atoms with E-state index in [2.05, 4.69) is 15.1 Å². The molecule has 0 unspecified atom stereocenters. The molecule has 2 aromatic rings. The molecule has 1 N–H and O–H groups in total. The number of halogens is 3. The van der Waals surface area contributed by atoms with Crippen molar-refractivity contribution in [1.29, 1.82) is 0 Å². The molecule has 0 aliphatic carbocycles. The van der Waals surface area contributed by atoms with Crippen LogP contribution in [0.15, 0.2) is 18.5 Å². The molecule has 0 amide bonds. The fourth-order valence-corrected chi connectivity index (χ4v) is 1.41. The van der Waals surface area contributed by atoms with Crippen molar-refractivity contribution in [2.24, 2.45) is 7.05 Å². The molecule has 0 aliphatic rings. The lowest BCUT2D eigenvalue weighted by Gasteiger charge is -2.09. The first kappa shape index (κ1) is 13.0. The van der Waals surface area contributed by atoms with Gasteiger partial charge in [0, 0.05) is 19.4 Å². The fraction of sp³-hybridized carbons (Fsp3) is 0.200. The molecule has 0 aliphatic heterocycles. The van der Waals surface area contributed by atoms with Crippen LogP contribution in [0.4, 0.5) is 13.2 Å². The zero-order valence-electron chi connectivity index (χ0n) is 9.51. The number of carbonyl (C=O) groups is 1. The van der Waals surface area contributed by atoms with E-state index in [4.69, 9.17) is 5.11 Å². The van der Waals surface area contributed by atoms with Crippen molar-refractivity contribution in [3.63, 3.8) is 0 Å². The van der Waals surface area contributed by atoms with E-state index in [0.717, 1.165) is 0 Å².